The first-order chi connectivity index (χ1) is 5.97. The Labute approximate surface area is 97.1 Å². The lowest BCUT2D eigenvalue weighted by molar-refractivity contribution is 0.0757. The van der Waals surface area contributed by atoms with Crippen molar-refractivity contribution < 1.29 is 9.09 Å². The molecule has 2 radical (unpaired) electrons. The number of hydrogen-bond donors (Lipinski definition) is 0. The summed E-state index contributed by atoms with van der Waals surface area (Å²) in [4.78, 5) is 0. The van der Waals surface area contributed by atoms with Gasteiger partial charge in [0.1, 0.15) is 0 Å². The van der Waals surface area contributed by atoms with E-state index in [1.165, 1.54) is 0 Å². The molecule has 0 bridgehead atoms. The number of hydrogen-bond acceptors (Lipinski definition) is 2. The molecule has 0 rings (SSSR count). The van der Waals surface area contributed by atoms with E-state index in [2.05, 4.69) is 0 Å². The summed E-state index contributed by atoms with van der Waals surface area (Å²) >= 11 is 10.8. The Morgan fingerprint density at radius 3 is 2.00 bits per heavy atom. The molecule has 0 aromatic rings. The summed E-state index contributed by atoms with van der Waals surface area (Å²) in [6, 6.07) is 0. The van der Waals surface area contributed by atoms with Crippen molar-refractivity contribution in [3.63, 3.8) is 0 Å². The second-order valence-electron chi connectivity index (χ2n) is 4.47. The molecular weight excluding hydrogens is 241 g/mol. The van der Waals surface area contributed by atoms with E-state index >= 15 is 0 Å². The standard InChI is InChI=1S/C8H16BCl2O2P/c1-5-8(4,6-7(2,3)9)13-14(10,11)12/h5-6H2,1-4H3. The number of rotatable bonds is 5. The maximum absolute atomic E-state index is 11.1. The van der Waals surface area contributed by atoms with E-state index in [1.807, 2.05) is 20.8 Å². The van der Waals surface area contributed by atoms with Crippen molar-refractivity contribution in [3.05, 3.63) is 0 Å². The Hall–Kier alpha value is 0.835. The van der Waals surface area contributed by atoms with Crippen LogP contribution in [0.3, 0.4) is 0 Å². The summed E-state index contributed by atoms with van der Waals surface area (Å²) < 4.78 is 16.3. The van der Waals surface area contributed by atoms with Crippen molar-refractivity contribution in [2.75, 3.05) is 0 Å². The van der Waals surface area contributed by atoms with E-state index in [-0.39, 0.29) is 0 Å². The van der Waals surface area contributed by atoms with Crippen LogP contribution in [0.15, 0.2) is 0 Å². The molecule has 0 aliphatic rings. The van der Waals surface area contributed by atoms with Gasteiger partial charge in [-0.05, 0) is 42.2 Å². The first kappa shape index (κ1) is 14.8. The summed E-state index contributed by atoms with van der Waals surface area (Å²) in [5.74, 6) is 0. The lowest BCUT2D eigenvalue weighted by Crippen LogP contribution is -2.30. The molecule has 0 saturated carbocycles. The third kappa shape index (κ3) is 7.17. The third-order valence-corrected chi connectivity index (χ3v) is 2.97. The monoisotopic (exact) mass is 256 g/mol. The van der Waals surface area contributed by atoms with E-state index in [0.29, 0.717) is 12.8 Å². The fourth-order valence-corrected chi connectivity index (χ4v) is 3.15. The van der Waals surface area contributed by atoms with Crippen LogP contribution in [0.4, 0.5) is 0 Å². The third-order valence-electron chi connectivity index (χ3n) is 1.90. The summed E-state index contributed by atoms with van der Waals surface area (Å²) in [6.45, 7) is 7.46. The molecule has 1 atom stereocenters. The van der Waals surface area contributed by atoms with Crippen molar-refractivity contribution in [2.45, 2.75) is 51.5 Å². The Morgan fingerprint density at radius 1 is 1.36 bits per heavy atom. The van der Waals surface area contributed by atoms with Gasteiger partial charge in [0.15, 0.2) is 0 Å². The van der Waals surface area contributed by atoms with Gasteiger partial charge in [0.25, 0.3) is 0 Å². The van der Waals surface area contributed by atoms with E-state index in [0.717, 1.165) is 0 Å². The van der Waals surface area contributed by atoms with Gasteiger partial charge in [-0.2, -0.15) is 0 Å². The van der Waals surface area contributed by atoms with E-state index in [4.69, 9.17) is 34.9 Å². The lowest BCUT2D eigenvalue weighted by atomic mass is 9.66. The average Bonchev–Trinajstić information content (AvgIpc) is 1.78. The zero-order chi connectivity index (χ0) is 11.6. The molecule has 1 unspecified atom stereocenters. The minimum absolute atomic E-state index is 0.409. The molecule has 0 aromatic carbocycles. The fourth-order valence-electron chi connectivity index (χ4n) is 1.44. The van der Waals surface area contributed by atoms with Crippen molar-refractivity contribution in [2.24, 2.45) is 0 Å². The molecule has 2 nitrogen and oxygen atoms in total. The fraction of sp³-hybridized carbons (Fsp3) is 1.00. The van der Waals surface area contributed by atoms with Crippen LogP contribution in [0.1, 0.15) is 40.5 Å². The topological polar surface area (TPSA) is 26.3 Å². The van der Waals surface area contributed by atoms with Crippen molar-refractivity contribution in [1.29, 1.82) is 0 Å². The Morgan fingerprint density at radius 2 is 1.79 bits per heavy atom. The smallest absolute Gasteiger partial charge is 0.300 e. The van der Waals surface area contributed by atoms with E-state index in [9.17, 15) is 4.57 Å². The Kier molecular flexibility index (Phi) is 5.07. The van der Waals surface area contributed by atoms with Gasteiger partial charge >= 0.3 is 6.07 Å². The first-order valence-corrected chi connectivity index (χ1v) is 7.90. The molecule has 0 fully saturated rings. The van der Waals surface area contributed by atoms with Crippen LogP contribution < -0.4 is 0 Å². The molecule has 0 N–H and O–H groups in total. The maximum atomic E-state index is 11.1. The van der Waals surface area contributed by atoms with E-state index in [1.54, 1.807) is 6.92 Å². The molecule has 82 valence electrons. The molecule has 0 spiro atoms. The quantitative estimate of drug-likeness (QED) is 0.534. The Balaban J connectivity index is 4.57. The molecule has 0 amide bonds. The van der Waals surface area contributed by atoms with Gasteiger partial charge in [-0.1, -0.05) is 26.1 Å². The van der Waals surface area contributed by atoms with Gasteiger partial charge in [0.05, 0.1) is 13.4 Å². The second-order valence-corrected chi connectivity index (χ2v) is 8.68. The van der Waals surface area contributed by atoms with Gasteiger partial charge in [-0.25, -0.2) is 0 Å². The van der Waals surface area contributed by atoms with Gasteiger partial charge in [0, 0.05) is 0 Å². The SMILES string of the molecule is [B]C(C)(C)CC(C)(CC)OP(=O)(Cl)Cl. The van der Waals surface area contributed by atoms with E-state index < -0.39 is 17.0 Å². The largest absolute Gasteiger partial charge is 0.380 e. The summed E-state index contributed by atoms with van der Waals surface area (Å²) in [5.41, 5.74) is -0.642. The van der Waals surface area contributed by atoms with Gasteiger partial charge < -0.3 is 0 Å². The maximum Gasteiger partial charge on any atom is 0.380 e. The molecule has 6 heteroatoms. The van der Waals surface area contributed by atoms with Crippen LogP contribution >= 0.6 is 28.6 Å². The van der Waals surface area contributed by atoms with Gasteiger partial charge in [-0.15, -0.1) is 0 Å². The van der Waals surface area contributed by atoms with Crippen LogP contribution in [0, 0.1) is 0 Å². The van der Waals surface area contributed by atoms with Crippen LogP contribution in [0.2, 0.25) is 5.31 Å². The zero-order valence-corrected chi connectivity index (χ0v) is 11.4. The minimum Gasteiger partial charge on any atom is -0.300 e. The summed E-state index contributed by atoms with van der Waals surface area (Å²) in [5, 5.41) is -0.409. The second kappa shape index (κ2) is 4.78. The van der Waals surface area contributed by atoms with Crippen LogP contribution in [-0.2, 0) is 9.09 Å². The summed E-state index contributed by atoms with van der Waals surface area (Å²) in [6.07, 6.45) is -2.31. The highest BCUT2D eigenvalue weighted by Gasteiger charge is 2.34. The molecule has 0 aliphatic carbocycles. The zero-order valence-electron chi connectivity index (χ0n) is 9.01. The van der Waals surface area contributed by atoms with Gasteiger partial charge in [0.2, 0.25) is 0 Å². The molecule has 14 heavy (non-hydrogen) atoms. The molecule has 0 aromatic heterocycles. The highest BCUT2D eigenvalue weighted by atomic mass is 35.9. The predicted molar refractivity (Wildman–Crippen MR) is 63.5 cm³/mol. The molecule has 0 saturated heterocycles. The van der Waals surface area contributed by atoms with Crippen LogP contribution in [-0.4, -0.2) is 13.4 Å². The van der Waals surface area contributed by atoms with Crippen molar-refractivity contribution in [1.82, 2.24) is 0 Å². The summed E-state index contributed by atoms with van der Waals surface area (Å²) in [7, 11) is 5.86. The van der Waals surface area contributed by atoms with Crippen molar-refractivity contribution in [3.8, 4) is 0 Å². The molecule has 0 aliphatic heterocycles. The van der Waals surface area contributed by atoms with Crippen LogP contribution in [0.25, 0.3) is 0 Å². The normalized spacial score (nSPS) is 17.9. The number of halogens is 2. The molecule has 0 heterocycles. The highest BCUT2D eigenvalue weighted by Crippen LogP contribution is 2.61. The first-order valence-electron chi connectivity index (χ1n) is 4.46. The van der Waals surface area contributed by atoms with Crippen LogP contribution in [0.5, 0.6) is 0 Å². The highest BCUT2D eigenvalue weighted by molar-refractivity contribution is 8.05. The molecular formula is C8H16BCl2O2P. The average molecular weight is 257 g/mol. The Bertz CT molecular complexity index is 236. The van der Waals surface area contributed by atoms with Crippen molar-refractivity contribution >= 4 is 36.4 Å². The predicted octanol–water partition coefficient (Wildman–Crippen LogP) is 4.51. The lowest BCUT2D eigenvalue weighted by Gasteiger charge is -2.35. The minimum atomic E-state index is -3.50. The van der Waals surface area contributed by atoms with Gasteiger partial charge in [-0.3, -0.25) is 9.09 Å².